The van der Waals surface area contributed by atoms with E-state index in [2.05, 4.69) is 5.32 Å². The first-order valence-electron chi connectivity index (χ1n) is 6.92. The van der Waals surface area contributed by atoms with Gasteiger partial charge in [0.25, 0.3) is 0 Å². The van der Waals surface area contributed by atoms with Gasteiger partial charge in [-0.3, -0.25) is 4.79 Å². The molecule has 1 atom stereocenters. The molecule has 2 aromatic rings. The zero-order valence-corrected chi connectivity index (χ0v) is 11.8. The van der Waals surface area contributed by atoms with Gasteiger partial charge in [0.05, 0.1) is 13.0 Å². The van der Waals surface area contributed by atoms with Crippen LogP contribution in [0.5, 0.6) is 11.5 Å². The standard InChI is InChI=1S/C17H17NO3/c1-20-15-7-4-6-14(10-15)18-17(19)13-9-12-5-2-3-8-16(12)21-11-13/h2-8,10,13H,9,11H2,1H3,(H,18,19)/t13-/m1/s1. The van der Waals surface area contributed by atoms with Gasteiger partial charge >= 0.3 is 0 Å². The second kappa shape index (κ2) is 5.87. The quantitative estimate of drug-likeness (QED) is 0.942. The summed E-state index contributed by atoms with van der Waals surface area (Å²) in [4.78, 5) is 12.3. The highest BCUT2D eigenvalue weighted by atomic mass is 16.5. The number of amides is 1. The number of ether oxygens (including phenoxy) is 2. The van der Waals surface area contributed by atoms with E-state index in [1.165, 1.54) is 0 Å². The molecule has 1 aliphatic rings. The van der Waals surface area contributed by atoms with Crippen molar-refractivity contribution in [3.63, 3.8) is 0 Å². The van der Waals surface area contributed by atoms with Crippen LogP contribution >= 0.6 is 0 Å². The van der Waals surface area contributed by atoms with Crippen molar-refractivity contribution >= 4 is 11.6 Å². The van der Waals surface area contributed by atoms with Gasteiger partial charge in [0.2, 0.25) is 5.91 Å². The highest BCUT2D eigenvalue weighted by Gasteiger charge is 2.25. The number of carbonyl (C=O) groups excluding carboxylic acids is 1. The van der Waals surface area contributed by atoms with E-state index in [9.17, 15) is 4.79 Å². The Bertz CT molecular complexity index is 654. The summed E-state index contributed by atoms with van der Waals surface area (Å²) in [5.74, 6) is 1.39. The topological polar surface area (TPSA) is 47.6 Å². The predicted octanol–water partition coefficient (Wildman–Crippen LogP) is 2.89. The third kappa shape index (κ3) is 2.99. The van der Waals surface area contributed by atoms with Gasteiger partial charge in [0.1, 0.15) is 18.1 Å². The number of para-hydroxylation sites is 1. The smallest absolute Gasteiger partial charge is 0.231 e. The van der Waals surface area contributed by atoms with E-state index in [0.717, 1.165) is 22.7 Å². The molecule has 1 heterocycles. The molecule has 4 nitrogen and oxygen atoms in total. The molecule has 1 aliphatic heterocycles. The summed E-state index contributed by atoms with van der Waals surface area (Å²) in [6, 6.07) is 15.2. The van der Waals surface area contributed by atoms with E-state index in [-0.39, 0.29) is 11.8 Å². The largest absolute Gasteiger partial charge is 0.497 e. The van der Waals surface area contributed by atoms with Gasteiger partial charge < -0.3 is 14.8 Å². The number of hydrogen-bond acceptors (Lipinski definition) is 3. The monoisotopic (exact) mass is 283 g/mol. The normalized spacial score (nSPS) is 16.5. The predicted molar refractivity (Wildman–Crippen MR) is 80.8 cm³/mol. The van der Waals surface area contributed by atoms with Crippen LogP contribution in [0.4, 0.5) is 5.69 Å². The van der Waals surface area contributed by atoms with Crippen LogP contribution in [0.3, 0.4) is 0 Å². The number of nitrogens with one attached hydrogen (secondary N) is 1. The number of carbonyl (C=O) groups is 1. The van der Waals surface area contributed by atoms with Crippen LogP contribution in [0.15, 0.2) is 48.5 Å². The average Bonchev–Trinajstić information content (AvgIpc) is 2.54. The van der Waals surface area contributed by atoms with Crippen LogP contribution in [0.2, 0.25) is 0 Å². The van der Waals surface area contributed by atoms with Crippen molar-refractivity contribution in [2.24, 2.45) is 5.92 Å². The lowest BCUT2D eigenvalue weighted by Gasteiger charge is -2.24. The zero-order valence-electron chi connectivity index (χ0n) is 11.8. The first kappa shape index (κ1) is 13.5. The Hall–Kier alpha value is -2.49. The molecule has 1 N–H and O–H groups in total. The number of anilines is 1. The molecule has 0 spiro atoms. The van der Waals surface area contributed by atoms with Crippen molar-refractivity contribution in [1.29, 1.82) is 0 Å². The van der Waals surface area contributed by atoms with E-state index < -0.39 is 0 Å². The van der Waals surface area contributed by atoms with Crippen LogP contribution < -0.4 is 14.8 Å². The minimum Gasteiger partial charge on any atom is -0.497 e. The van der Waals surface area contributed by atoms with Crippen molar-refractivity contribution in [2.45, 2.75) is 6.42 Å². The molecule has 3 rings (SSSR count). The number of hydrogen-bond donors (Lipinski definition) is 1. The molecule has 21 heavy (non-hydrogen) atoms. The highest BCUT2D eigenvalue weighted by molar-refractivity contribution is 5.93. The Morgan fingerprint density at radius 1 is 1.24 bits per heavy atom. The van der Waals surface area contributed by atoms with Crippen LogP contribution in [0.25, 0.3) is 0 Å². The molecule has 0 saturated heterocycles. The van der Waals surface area contributed by atoms with Gasteiger partial charge in [-0.05, 0) is 30.2 Å². The fourth-order valence-corrected chi connectivity index (χ4v) is 2.44. The fraction of sp³-hybridized carbons (Fsp3) is 0.235. The Morgan fingerprint density at radius 2 is 2.10 bits per heavy atom. The van der Waals surface area contributed by atoms with Crippen LogP contribution in [0.1, 0.15) is 5.56 Å². The second-order valence-corrected chi connectivity index (χ2v) is 5.04. The lowest BCUT2D eigenvalue weighted by atomic mass is 9.96. The molecule has 0 radical (unpaired) electrons. The molecule has 0 fully saturated rings. The number of methoxy groups -OCH3 is 1. The van der Waals surface area contributed by atoms with E-state index in [4.69, 9.17) is 9.47 Å². The van der Waals surface area contributed by atoms with Gasteiger partial charge in [-0.1, -0.05) is 24.3 Å². The Kier molecular flexibility index (Phi) is 3.77. The minimum absolute atomic E-state index is 0.0299. The highest BCUT2D eigenvalue weighted by Crippen LogP contribution is 2.27. The maximum absolute atomic E-state index is 12.3. The lowest BCUT2D eigenvalue weighted by Crippen LogP contribution is -2.32. The van der Waals surface area contributed by atoms with Crippen molar-refractivity contribution < 1.29 is 14.3 Å². The summed E-state index contributed by atoms with van der Waals surface area (Å²) in [6.07, 6.45) is 0.700. The van der Waals surface area contributed by atoms with Crippen molar-refractivity contribution in [1.82, 2.24) is 0 Å². The van der Waals surface area contributed by atoms with E-state index in [1.54, 1.807) is 13.2 Å². The molecule has 0 unspecified atom stereocenters. The summed E-state index contributed by atoms with van der Waals surface area (Å²) < 4.78 is 10.8. The minimum atomic E-state index is -0.175. The van der Waals surface area contributed by atoms with E-state index >= 15 is 0 Å². The Morgan fingerprint density at radius 3 is 2.95 bits per heavy atom. The summed E-state index contributed by atoms with van der Waals surface area (Å²) >= 11 is 0. The van der Waals surface area contributed by atoms with Crippen molar-refractivity contribution in [3.8, 4) is 11.5 Å². The van der Waals surface area contributed by atoms with Crippen molar-refractivity contribution in [2.75, 3.05) is 19.0 Å². The average molecular weight is 283 g/mol. The van der Waals surface area contributed by atoms with Crippen molar-refractivity contribution in [3.05, 3.63) is 54.1 Å². The molecule has 2 aromatic carbocycles. The summed E-state index contributed by atoms with van der Waals surface area (Å²) in [5, 5.41) is 2.92. The second-order valence-electron chi connectivity index (χ2n) is 5.04. The molecule has 0 saturated carbocycles. The van der Waals surface area contributed by atoms with Gasteiger partial charge in [0, 0.05) is 11.8 Å². The molecule has 108 valence electrons. The maximum atomic E-state index is 12.3. The fourth-order valence-electron chi connectivity index (χ4n) is 2.44. The van der Waals surface area contributed by atoms with Crippen LogP contribution in [0, 0.1) is 5.92 Å². The third-order valence-electron chi connectivity index (χ3n) is 3.59. The summed E-state index contributed by atoms with van der Waals surface area (Å²) in [7, 11) is 1.60. The molecule has 1 amide bonds. The van der Waals surface area contributed by atoms with Gasteiger partial charge in [-0.2, -0.15) is 0 Å². The molecular formula is C17H17NO3. The first-order valence-corrected chi connectivity index (χ1v) is 6.92. The number of fused-ring (bicyclic) bond motifs is 1. The lowest BCUT2D eigenvalue weighted by molar-refractivity contribution is -0.121. The van der Waals surface area contributed by atoms with Gasteiger partial charge in [0.15, 0.2) is 0 Å². The number of rotatable bonds is 3. The number of benzene rings is 2. The molecule has 0 aliphatic carbocycles. The van der Waals surface area contributed by atoms with E-state index in [1.807, 2.05) is 42.5 Å². The summed E-state index contributed by atoms with van der Waals surface area (Å²) in [5.41, 5.74) is 1.81. The van der Waals surface area contributed by atoms with Gasteiger partial charge in [-0.25, -0.2) is 0 Å². The maximum Gasteiger partial charge on any atom is 0.231 e. The molecule has 0 bridgehead atoms. The Labute approximate surface area is 123 Å². The summed E-state index contributed by atoms with van der Waals surface area (Å²) in [6.45, 7) is 0.410. The molecular weight excluding hydrogens is 266 g/mol. The van der Waals surface area contributed by atoms with Crippen LogP contribution in [-0.4, -0.2) is 19.6 Å². The molecule has 0 aromatic heterocycles. The van der Waals surface area contributed by atoms with Gasteiger partial charge in [-0.15, -0.1) is 0 Å². The zero-order chi connectivity index (χ0) is 14.7. The molecule has 4 heteroatoms. The SMILES string of the molecule is COc1cccc(NC(=O)[C@H]2COc3ccccc3C2)c1. The Balaban J connectivity index is 1.69. The van der Waals surface area contributed by atoms with E-state index in [0.29, 0.717) is 13.0 Å². The van der Waals surface area contributed by atoms with Crippen LogP contribution in [-0.2, 0) is 11.2 Å². The third-order valence-corrected chi connectivity index (χ3v) is 3.59. The first-order chi connectivity index (χ1) is 10.3.